The summed E-state index contributed by atoms with van der Waals surface area (Å²) in [6.07, 6.45) is 0.442. The molecule has 82 valence electrons. The number of hydrogen-bond acceptors (Lipinski definition) is 2. The second kappa shape index (κ2) is 5.76. The molecular formula is C12H15ClO2. The summed E-state index contributed by atoms with van der Waals surface area (Å²) in [4.78, 5) is 11.3. The van der Waals surface area contributed by atoms with Crippen molar-refractivity contribution in [3.63, 3.8) is 0 Å². The van der Waals surface area contributed by atoms with Gasteiger partial charge in [-0.05, 0) is 23.6 Å². The number of benzene rings is 1. The molecule has 0 spiro atoms. The van der Waals surface area contributed by atoms with Gasteiger partial charge in [0.1, 0.15) is 5.75 Å². The number of carbonyl (C=O) groups is 1. The van der Waals surface area contributed by atoms with Gasteiger partial charge in [-0.2, -0.15) is 0 Å². The molecule has 1 aromatic rings. The molecule has 0 fully saturated rings. The topological polar surface area (TPSA) is 26.3 Å². The van der Waals surface area contributed by atoms with Crippen molar-refractivity contribution in [3.05, 3.63) is 29.8 Å². The summed E-state index contributed by atoms with van der Waals surface area (Å²) in [7, 11) is 0. The lowest BCUT2D eigenvalue weighted by atomic mass is 10.1. The fourth-order valence-corrected chi connectivity index (χ4v) is 1.33. The Labute approximate surface area is 95.2 Å². The molecule has 3 heteroatoms. The van der Waals surface area contributed by atoms with Crippen LogP contribution in [-0.4, -0.2) is 5.97 Å². The van der Waals surface area contributed by atoms with Crippen molar-refractivity contribution in [2.75, 3.05) is 0 Å². The quantitative estimate of drug-likeness (QED) is 0.447. The van der Waals surface area contributed by atoms with Crippen LogP contribution in [-0.2, 0) is 10.7 Å². The van der Waals surface area contributed by atoms with E-state index in [0.717, 1.165) is 5.56 Å². The smallest absolute Gasteiger partial charge is 0.311 e. The van der Waals surface area contributed by atoms with Crippen LogP contribution < -0.4 is 4.74 Å². The number of ether oxygens (including phenoxy) is 1. The van der Waals surface area contributed by atoms with Gasteiger partial charge in [-0.1, -0.05) is 26.0 Å². The highest BCUT2D eigenvalue weighted by Gasteiger charge is 2.07. The molecule has 0 bridgehead atoms. The first-order chi connectivity index (χ1) is 7.11. The molecule has 0 aromatic heterocycles. The molecule has 1 aromatic carbocycles. The van der Waals surface area contributed by atoms with Crippen LogP contribution in [0.3, 0.4) is 0 Å². The Balaban J connectivity index is 2.53. The molecule has 0 amide bonds. The summed E-state index contributed by atoms with van der Waals surface area (Å²) in [5, 5.41) is 0. The Morgan fingerprint density at radius 3 is 2.40 bits per heavy atom. The predicted octanol–water partition coefficient (Wildman–Crippen LogP) is 3.38. The monoisotopic (exact) mass is 226 g/mol. The first kappa shape index (κ1) is 12.1. The van der Waals surface area contributed by atoms with E-state index < -0.39 is 0 Å². The molecule has 0 atom stereocenters. The SMILES string of the molecule is CC(C)CC(=O)Oc1ccc(CCl)cc1. The zero-order valence-electron chi connectivity index (χ0n) is 9.00. The summed E-state index contributed by atoms with van der Waals surface area (Å²) in [6.45, 7) is 3.97. The third kappa shape index (κ3) is 4.34. The van der Waals surface area contributed by atoms with Gasteiger partial charge in [0.05, 0.1) is 0 Å². The highest BCUT2D eigenvalue weighted by Crippen LogP contribution is 2.14. The molecule has 15 heavy (non-hydrogen) atoms. The van der Waals surface area contributed by atoms with Crippen LogP contribution in [0.15, 0.2) is 24.3 Å². The van der Waals surface area contributed by atoms with Crippen LogP contribution in [0.25, 0.3) is 0 Å². The number of esters is 1. The molecule has 0 aliphatic rings. The molecule has 0 aliphatic carbocycles. The number of carbonyl (C=O) groups excluding carboxylic acids is 1. The summed E-state index contributed by atoms with van der Waals surface area (Å²) < 4.78 is 5.14. The largest absolute Gasteiger partial charge is 0.427 e. The first-order valence-electron chi connectivity index (χ1n) is 4.97. The Morgan fingerprint density at radius 1 is 1.33 bits per heavy atom. The Hall–Kier alpha value is -1.02. The van der Waals surface area contributed by atoms with Gasteiger partial charge in [-0.15, -0.1) is 11.6 Å². The van der Waals surface area contributed by atoms with E-state index in [1.165, 1.54) is 0 Å². The van der Waals surface area contributed by atoms with E-state index in [1.807, 2.05) is 26.0 Å². The van der Waals surface area contributed by atoms with Crippen LogP contribution in [0.2, 0.25) is 0 Å². The zero-order valence-corrected chi connectivity index (χ0v) is 9.75. The fourth-order valence-electron chi connectivity index (χ4n) is 1.15. The van der Waals surface area contributed by atoms with Crippen LogP contribution in [0, 0.1) is 5.92 Å². The molecule has 0 saturated heterocycles. The maximum Gasteiger partial charge on any atom is 0.311 e. The lowest BCUT2D eigenvalue weighted by molar-refractivity contribution is -0.135. The van der Waals surface area contributed by atoms with Gasteiger partial charge in [0.25, 0.3) is 0 Å². The maximum atomic E-state index is 11.3. The van der Waals surface area contributed by atoms with E-state index in [9.17, 15) is 4.79 Å². The van der Waals surface area contributed by atoms with Gasteiger partial charge < -0.3 is 4.74 Å². The number of rotatable bonds is 4. The Bertz CT molecular complexity index is 317. The molecule has 0 unspecified atom stereocenters. The third-order valence-electron chi connectivity index (χ3n) is 1.88. The minimum absolute atomic E-state index is 0.191. The number of hydrogen-bond donors (Lipinski definition) is 0. The predicted molar refractivity (Wildman–Crippen MR) is 61.1 cm³/mol. The van der Waals surface area contributed by atoms with Crippen LogP contribution in [0.5, 0.6) is 5.75 Å². The Kier molecular flexibility index (Phi) is 4.63. The molecule has 0 heterocycles. The van der Waals surface area contributed by atoms with E-state index >= 15 is 0 Å². The van der Waals surface area contributed by atoms with Gasteiger partial charge in [0.15, 0.2) is 0 Å². The van der Waals surface area contributed by atoms with Crippen LogP contribution in [0.1, 0.15) is 25.8 Å². The fraction of sp³-hybridized carbons (Fsp3) is 0.417. The molecule has 0 N–H and O–H groups in total. The normalized spacial score (nSPS) is 10.4. The van der Waals surface area contributed by atoms with E-state index in [-0.39, 0.29) is 5.97 Å². The van der Waals surface area contributed by atoms with E-state index in [4.69, 9.17) is 16.3 Å². The van der Waals surface area contributed by atoms with E-state index in [0.29, 0.717) is 24.0 Å². The summed E-state index contributed by atoms with van der Waals surface area (Å²) in [5.41, 5.74) is 1.01. The first-order valence-corrected chi connectivity index (χ1v) is 5.51. The highest BCUT2D eigenvalue weighted by atomic mass is 35.5. The van der Waals surface area contributed by atoms with Gasteiger partial charge in [-0.3, -0.25) is 4.79 Å². The highest BCUT2D eigenvalue weighted by molar-refractivity contribution is 6.17. The molecule has 2 nitrogen and oxygen atoms in total. The van der Waals surface area contributed by atoms with Crippen molar-refractivity contribution in [1.82, 2.24) is 0 Å². The minimum Gasteiger partial charge on any atom is -0.427 e. The van der Waals surface area contributed by atoms with Crippen molar-refractivity contribution in [2.45, 2.75) is 26.1 Å². The lowest BCUT2D eigenvalue weighted by Gasteiger charge is -2.06. The van der Waals surface area contributed by atoms with Crippen molar-refractivity contribution in [2.24, 2.45) is 5.92 Å². The lowest BCUT2D eigenvalue weighted by Crippen LogP contribution is -2.10. The van der Waals surface area contributed by atoms with Crippen molar-refractivity contribution in [3.8, 4) is 5.75 Å². The number of alkyl halides is 1. The molecule has 0 radical (unpaired) electrons. The van der Waals surface area contributed by atoms with E-state index in [2.05, 4.69) is 0 Å². The van der Waals surface area contributed by atoms with Gasteiger partial charge in [-0.25, -0.2) is 0 Å². The van der Waals surface area contributed by atoms with Crippen LogP contribution >= 0.6 is 11.6 Å². The molecular weight excluding hydrogens is 212 g/mol. The average molecular weight is 227 g/mol. The van der Waals surface area contributed by atoms with Crippen molar-refractivity contribution in [1.29, 1.82) is 0 Å². The van der Waals surface area contributed by atoms with Gasteiger partial charge >= 0.3 is 5.97 Å². The Morgan fingerprint density at radius 2 is 1.93 bits per heavy atom. The maximum absolute atomic E-state index is 11.3. The molecule has 0 saturated carbocycles. The molecule has 1 rings (SSSR count). The summed E-state index contributed by atoms with van der Waals surface area (Å²) in [6, 6.07) is 7.22. The van der Waals surface area contributed by atoms with E-state index in [1.54, 1.807) is 12.1 Å². The second-order valence-electron chi connectivity index (χ2n) is 3.85. The second-order valence-corrected chi connectivity index (χ2v) is 4.12. The van der Waals surface area contributed by atoms with Crippen molar-refractivity contribution < 1.29 is 9.53 Å². The zero-order chi connectivity index (χ0) is 11.3. The molecule has 0 aliphatic heterocycles. The summed E-state index contributed by atoms with van der Waals surface area (Å²) in [5.74, 6) is 1.18. The summed E-state index contributed by atoms with van der Waals surface area (Å²) >= 11 is 5.65. The van der Waals surface area contributed by atoms with Crippen molar-refractivity contribution >= 4 is 17.6 Å². The van der Waals surface area contributed by atoms with Gasteiger partial charge in [0.2, 0.25) is 0 Å². The third-order valence-corrected chi connectivity index (χ3v) is 2.19. The number of halogens is 1. The van der Waals surface area contributed by atoms with Gasteiger partial charge in [0, 0.05) is 12.3 Å². The average Bonchev–Trinajstić information content (AvgIpc) is 2.17. The minimum atomic E-state index is -0.191. The standard InChI is InChI=1S/C12H15ClO2/c1-9(2)7-12(14)15-11-5-3-10(8-13)4-6-11/h3-6,9H,7-8H2,1-2H3. The van der Waals surface area contributed by atoms with Crippen LogP contribution in [0.4, 0.5) is 0 Å².